The van der Waals surface area contributed by atoms with Gasteiger partial charge in [-0.3, -0.25) is 4.90 Å². The molecule has 4 rings (SSSR count). The second-order valence-corrected chi connectivity index (χ2v) is 9.58. The molecule has 182 valence electrons. The summed E-state index contributed by atoms with van der Waals surface area (Å²) < 4.78 is 5.67. The SMILES string of the molecule is C\C=C/C=C\C=C\c1cc(C(C)N2CCCC(N3CCCOCCC3)CC2)c2ccccc2n1. The largest absolute Gasteiger partial charge is 0.381 e. The van der Waals surface area contributed by atoms with Gasteiger partial charge in [-0.05, 0) is 76.3 Å². The minimum Gasteiger partial charge on any atom is -0.381 e. The van der Waals surface area contributed by atoms with E-state index in [4.69, 9.17) is 9.72 Å². The molecule has 0 saturated carbocycles. The number of fused-ring (bicyclic) bond motifs is 1. The van der Waals surface area contributed by atoms with Crippen LogP contribution < -0.4 is 0 Å². The second kappa shape index (κ2) is 13.0. The predicted molar refractivity (Wildman–Crippen MR) is 144 cm³/mol. The van der Waals surface area contributed by atoms with Crippen molar-refractivity contribution in [2.45, 2.75) is 58.0 Å². The molecule has 34 heavy (non-hydrogen) atoms. The Labute approximate surface area is 206 Å². The van der Waals surface area contributed by atoms with Gasteiger partial charge in [-0.1, -0.05) is 48.6 Å². The van der Waals surface area contributed by atoms with E-state index in [1.165, 1.54) is 62.7 Å². The van der Waals surface area contributed by atoms with Gasteiger partial charge in [-0.15, -0.1) is 0 Å². The number of nitrogens with zero attached hydrogens (tertiary/aromatic N) is 3. The summed E-state index contributed by atoms with van der Waals surface area (Å²) in [6.07, 6.45) is 18.6. The number of para-hydroxylation sites is 1. The van der Waals surface area contributed by atoms with Crippen LogP contribution in [-0.2, 0) is 4.74 Å². The van der Waals surface area contributed by atoms with E-state index in [-0.39, 0.29) is 0 Å². The zero-order valence-electron chi connectivity index (χ0n) is 21.0. The zero-order valence-corrected chi connectivity index (χ0v) is 21.0. The van der Waals surface area contributed by atoms with Crippen molar-refractivity contribution >= 4 is 17.0 Å². The third-order valence-corrected chi connectivity index (χ3v) is 7.28. The number of likely N-dealkylation sites (tertiary alicyclic amines) is 1. The molecular formula is C30H41N3O. The van der Waals surface area contributed by atoms with Crippen molar-refractivity contribution in [2.24, 2.45) is 0 Å². The van der Waals surface area contributed by atoms with Crippen molar-refractivity contribution in [2.75, 3.05) is 39.4 Å². The molecule has 4 heteroatoms. The number of rotatable bonds is 6. The van der Waals surface area contributed by atoms with Crippen molar-refractivity contribution in [3.05, 3.63) is 72.0 Å². The second-order valence-electron chi connectivity index (χ2n) is 9.58. The Morgan fingerprint density at radius 1 is 0.941 bits per heavy atom. The third kappa shape index (κ3) is 6.65. The highest BCUT2D eigenvalue weighted by molar-refractivity contribution is 5.84. The minimum absolute atomic E-state index is 0.373. The van der Waals surface area contributed by atoms with E-state index in [9.17, 15) is 0 Å². The molecule has 0 amide bonds. The summed E-state index contributed by atoms with van der Waals surface area (Å²) in [5.74, 6) is 0. The molecule has 2 unspecified atom stereocenters. The van der Waals surface area contributed by atoms with E-state index in [1.54, 1.807) is 0 Å². The molecule has 2 atom stereocenters. The standard InChI is InChI=1S/C30H41N3O/c1-3-4-5-6-7-13-26-24-29(28-15-8-9-16-30(28)31-26)25(2)32-18-10-14-27(17-21-32)33-19-11-22-34-23-12-20-33/h3-9,13,15-16,24-25,27H,10-12,14,17-23H2,1-2H3/b4-3-,6-5-,13-7+. The summed E-state index contributed by atoms with van der Waals surface area (Å²) in [5, 5.41) is 1.28. The molecule has 0 spiro atoms. The number of hydrogen-bond acceptors (Lipinski definition) is 4. The van der Waals surface area contributed by atoms with Crippen molar-refractivity contribution in [3.63, 3.8) is 0 Å². The van der Waals surface area contributed by atoms with Crippen molar-refractivity contribution < 1.29 is 4.74 Å². The number of allylic oxidation sites excluding steroid dienone is 5. The average Bonchev–Trinajstić information content (AvgIpc) is 3.09. The molecule has 2 fully saturated rings. The number of pyridine rings is 1. The lowest BCUT2D eigenvalue weighted by Crippen LogP contribution is -2.39. The Hall–Kier alpha value is -2.27. The van der Waals surface area contributed by atoms with Crippen LogP contribution in [0.15, 0.2) is 60.7 Å². The zero-order chi connectivity index (χ0) is 23.6. The van der Waals surface area contributed by atoms with E-state index in [1.807, 2.05) is 25.2 Å². The van der Waals surface area contributed by atoms with Crippen LogP contribution in [0.5, 0.6) is 0 Å². The number of ether oxygens (including phenoxy) is 1. The van der Waals surface area contributed by atoms with E-state index in [0.29, 0.717) is 12.1 Å². The fourth-order valence-corrected chi connectivity index (χ4v) is 5.42. The number of hydrogen-bond donors (Lipinski definition) is 0. The first kappa shape index (κ1) is 24.8. The van der Waals surface area contributed by atoms with E-state index < -0.39 is 0 Å². The Kier molecular flexibility index (Phi) is 9.49. The van der Waals surface area contributed by atoms with Crippen LogP contribution >= 0.6 is 0 Å². The summed E-state index contributed by atoms with van der Waals surface area (Å²) in [6.45, 7) is 11.0. The summed E-state index contributed by atoms with van der Waals surface area (Å²) >= 11 is 0. The molecule has 0 aliphatic carbocycles. The van der Waals surface area contributed by atoms with Gasteiger partial charge in [0.2, 0.25) is 0 Å². The fourth-order valence-electron chi connectivity index (χ4n) is 5.42. The Bertz CT molecular complexity index is 988. The molecule has 2 saturated heterocycles. The number of benzene rings is 1. The van der Waals surface area contributed by atoms with Crippen LogP contribution in [0, 0.1) is 0 Å². The molecule has 0 N–H and O–H groups in total. The lowest BCUT2D eigenvalue weighted by molar-refractivity contribution is 0.0694. The van der Waals surface area contributed by atoms with E-state index in [2.05, 4.69) is 65.3 Å². The highest BCUT2D eigenvalue weighted by Crippen LogP contribution is 2.31. The van der Waals surface area contributed by atoms with E-state index in [0.717, 1.165) is 31.0 Å². The highest BCUT2D eigenvalue weighted by Gasteiger charge is 2.26. The first-order valence-corrected chi connectivity index (χ1v) is 13.2. The Morgan fingerprint density at radius 2 is 1.74 bits per heavy atom. The molecule has 3 heterocycles. The van der Waals surface area contributed by atoms with Gasteiger partial charge in [0.15, 0.2) is 0 Å². The minimum atomic E-state index is 0.373. The van der Waals surface area contributed by atoms with Crippen LogP contribution in [0.1, 0.15) is 63.3 Å². The van der Waals surface area contributed by atoms with Crippen molar-refractivity contribution in [3.8, 4) is 0 Å². The fraction of sp³-hybridized carbons (Fsp3) is 0.500. The van der Waals surface area contributed by atoms with Crippen LogP contribution in [-0.4, -0.2) is 60.2 Å². The molecule has 2 aliphatic rings. The highest BCUT2D eigenvalue weighted by atomic mass is 16.5. The van der Waals surface area contributed by atoms with Gasteiger partial charge in [0, 0.05) is 50.3 Å². The molecule has 1 aromatic heterocycles. The predicted octanol–water partition coefficient (Wildman–Crippen LogP) is 6.41. The maximum absolute atomic E-state index is 5.67. The lowest BCUT2D eigenvalue weighted by Gasteiger charge is -2.33. The topological polar surface area (TPSA) is 28.6 Å². The lowest BCUT2D eigenvalue weighted by atomic mass is 10.00. The maximum atomic E-state index is 5.67. The van der Waals surface area contributed by atoms with Crippen LogP contribution in [0.25, 0.3) is 17.0 Å². The van der Waals surface area contributed by atoms with Gasteiger partial charge < -0.3 is 9.64 Å². The van der Waals surface area contributed by atoms with Gasteiger partial charge in [0.05, 0.1) is 11.2 Å². The smallest absolute Gasteiger partial charge is 0.0712 e. The van der Waals surface area contributed by atoms with Crippen LogP contribution in [0.2, 0.25) is 0 Å². The quantitative estimate of drug-likeness (QED) is 0.467. The van der Waals surface area contributed by atoms with Gasteiger partial charge in [0.1, 0.15) is 0 Å². The summed E-state index contributed by atoms with van der Waals surface area (Å²) in [5.41, 5.74) is 3.50. The molecule has 0 bridgehead atoms. The molecular weight excluding hydrogens is 418 g/mol. The van der Waals surface area contributed by atoms with Crippen LogP contribution in [0.3, 0.4) is 0 Å². The third-order valence-electron chi connectivity index (χ3n) is 7.28. The molecule has 2 aliphatic heterocycles. The Balaban J connectivity index is 1.50. The van der Waals surface area contributed by atoms with Gasteiger partial charge in [-0.2, -0.15) is 0 Å². The van der Waals surface area contributed by atoms with Gasteiger partial charge >= 0.3 is 0 Å². The number of aromatic nitrogens is 1. The molecule has 4 nitrogen and oxygen atoms in total. The average molecular weight is 460 g/mol. The van der Waals surface area contributed by atoms with Gasteiger partial charge in [-0.25, -0.2) is 4.98 Å². The summed E-state index contributed by atoms with van der Waals surface area (Å²) in [7, 11) is 0. The summed E-state index contributed by atoms with van der Waals surface area (Å²) in [6, 6.07) is 12.0. The molecule has 2 aromatic rings. The van der Waals surface area contributed by atoms with Gasteiger partial charge in [0.25, 0.3) is 0 Å². The van der Waals surface area contributed by atoms with Crippen LogP contribution in [0.4, 0.5) is 0 Å². The maximum Gasteiger partial charge on any atom is 0.0712 e. The molecule has 1 aromatic carbocycles. The molecule has 0 radical (unpaired) electrons. The van der Waals surface area contributed by atoms with Crippen molar-refractivity contribution in [1.82, 2.24) is 14.8 Å². The Morgan fingerprint density at radius 3 is 2.56 bits per heavy atom. The normalized spacial score (nSPS) is 22.9. The summed E-state index contributed by atoms with van der Waals surface area (Å²) in [4.78, 5) is 10.4. The first-order valence-electron chi connectivity index (χ1n) is 13.2. The first-order chi connectivity index (χ1) is 16.8. The van der Waals surface area contributed by atoms with E-state index >= 15 is 0 Å². The van der Waals surface area contributed by atoms with Crippen molar-refractivity contribution in [1.29, 1.82) is 0 Å². The monoisotopic (exact) mass is 459 g/mol.